The predicted molar refractivity (Wildman–Crippen MR) is 73.2 cm³/mol. The molecule has 0 fully saturated rings. The van der Waals surface area contributed by atoms with Crippen LogP contribution in [0.25, 0.3) is 10.9 Å². The lowest BCUT2D eigenvalue weighted by atomic mass is 10.2. The van der Waals surface area contributed by atoms with Gasteiger partial charge in [0.2, 0.25) is 0 Å². The lowest BCUT2D eigenvalue weighted by Gasteiger charge is -2.06. The highest BCUT2D eigenvalue weighted by Gasteiger charge is 2.07. The van der Waals surface area contributed by atoms with E-state index in [9.17, 15) is 0 Å². The average Bonchev–Trinajstić information content (AvgIpc) is 2.99. The summed E-state index contributed by atoms with van der Waals surface area (Å²) in [4.78, 5) is 0. The minimum atomic E-state index is 0.675. The van der Waals surface area contributed by atoms with Crippen LogP contribution in [0, 0.1) is 0 Å². The van der Waals surface area contributed by atoms with Crippen molar-refractivity contribution in [3.05, 3.63) is 42.4 Å². The number of benzene rings is 1. The van der Waals surface area contributed by atoms with Crippen LogP contribution in [0.5, 0.6) is 5.75 Å². The number of rotatable bonds is 4. The molecular formula is C14H16N4O. The van der Waals surface area contributed by atoms with Gasteiger partial charge < -0.3 is 9.30 Å². The zero-order valence-corrected chi connectivity index (χ0v) is 11.1. The normalized spacial score (nSPS) is 11.1. The summed E-state index contributed by atoms with van der Waals surface area (Å²) in [6.45, 7) is 3.39. The number of ether oxygens (including phenoxy) is 1. The van der Waals surface area contributed by atoms with Crippen molar-refractivity contribution in [2.45, 2.75) is 13.5 Å². The molecule has 0 aliphatic rings. The first-order chi connectivity index (χ1) is 9.28. The maximum Gasteiger partial charge on any atom is 0.128 e. The van der Waals surface area contributed by atoms with Crippen molar-refractivity contribution in [1.29, 1.82) is 0 Å². The molecule has 0 N–H and O–H groups in total. The zero-order valence-electron chi connectivity index (χ0n) is 11.1. The monoisotopic (exact) mass is 256 g/mol. The fourth-order valence-electron chi connectivity index (χ4n) is 2.26. The summed E-state index contributed by atoms with van der Waals surface area (Å²) in [6, 6.07) is 8.18. The van der Waals surface area contributed by atoms with Crippen molar-refractivity contribution >= 4 is 10.9 Å². The van der Waals surface area contributed by atoms with Crippen LogP contribution in [0.15, 0.2) is 36.7 Å². The highest BCUT2D eigenvalue weighted by atomic mass is 16.5. The molecule has 2 heterocycles. The molecule has 0 aliphatic carbocycles. The summed E-state index contributed by atoms with van der Waals surface area (Å²) in [6.07, 6.45) is 3.99. The largest absolute Gasteiger partial charge is 0.493 e. The van der Waals surface area contributed by atoms with E-state index in [2.05, 4.69) is 33.2 Å². The summed E-state index contributed by atoms with van der Waals surface area (Å²) >= 11 is 0. The highest BCUT2D eigenvalue weighted by molar-refractivity contribution is 5.86. The van der Waals surface area contributed by atoms with E-state index in [0.717, 1.165) is 22.3 Å². The number of nitrogens with zero attached hydrogens (tertiary/aromatic N) is 4. The molecule has 3 aromatic rings. The number of hydrogen-bond acceptors (Lipinski definition) is 3. The Morgan fingerprint density at radius 2 is 2.16 bits per heavy atom. The second kappa shape index (κ2) is 4.76. The van der Waals surface area contributed by atoms with E-state index in [1.807, 2.05) is 32.3 Å². The Hall–Kier alpha value is -2.30. The average molecular weight is 256 g/mol. The molecule has 3 rings (SSSR count). The first-order valence-corrected chi connectivity index (χ1v) is 6.34. The van der Waals surface area contributed by atoms with Crippen LogP contribution >= 0.6 is 0 Å². The van der Waals surface area contributed by atoms with Crippen LogP contribution in [0.3, 0.4) is 0 Å². The maximum atomic E-state index is 5.64. The lowest BCUT2D eigenvalue weighted by Crippen LogP contribution is -1.98. The fraction of sp³-hybridized carbons (Fsp3) is 0.286. The minimum absolute atomic E-state index is 0.675. The van der Waals surface area contributed by atoms with Gasteiger partial charge in [-0.15, -0.1) is 5.10 Å². The minimum Gasteiger partial charge on any atom is -0.493 e. The molecule has 0 saturated carbocycles. The molecule has 0 amide bonds. The van der Waals surface area contributed by atoms with Crippen LogP contribution in [-0.2, 0) is 13.6 Å². The van der Waals surface area contributed by atoms with Crippen LogP contribution in [0.1, 0.15) is 12.6 Å². The van der Waals surface area contributed by atoms with Gasteiger partial charge in [-0.05, 0) is 25.1 Å². The van der Waals surface area contributed by atoms with Gasteiger partial charge in [0.1, 0.15) is 11.4 Å². The van der Waals surface area contributed by atoms with Gasteiger partial charge in [0, 0.05) is 24.8 Å². The van der Waals surface area contributed by atoms with Gasteiger partial charge in [-0.1, -0.05) is 11.3 Å². The fourth-order valence-corrected chi connectivity index (χ4v) is 2.26. The van der Waals surface area contributed by atoms with Crippen molar-refractivity contribution in [2.24, 2.45) is 7.05 Å². The van der Waals surface area contributed by atoms with Gasteiger partial charge >= 0.3 is 0 Å². The van der Waals surface area contributed by atoms with Crippen molar-refractivity contribution < 1.29 is 4.74 Å². The third-order valence-electron chi connectivity index (χ3n) is 3.06. The van der Waals surface area contributed by atoms with E-state index in [1.54, 1.807) is 4.68 Å². The van der Waals surface area contributed by atoms with Crippen molar-refractivity contribution in [3.8, 4) is 5.75 Å². The Labute approximate surface area is 111 Å². The van der Waals surface area contributed by atoms with Gasteiger partial charge in [-0.3, -0.25) is 4.68 Å². The second-order valence-electron chi connectivity index (χ2n) is 4.45. The van der Waals surface area contributed by atoms with E-state index in [-0.39, 0.29) is 0 Å². The van der Waals surface area contributed by atoms with Crippen LogP contribution in [-0.4, -0.2) is 26.2 Å². The molecule has 19 heavy (non-hydrogen) atoms. The molecule has 5 heteroatoms. The Balaban J connectivity index is 1.98. The summed E-state index contributed by atoms with van der Waals surface area (Å²) in [5.74, 6) is 0.929. The molecule has 0 aliphatic heterocycles. The Bertz CT molecular complexity index is 698. The first-order valence-electron chi connectivity index (χ1n) is 6.34. The van der Waals surface area contributed by atoms with E-state index in [0.29, 0.717) is 13.2 Å². The SMILES string of the molecule is CCOc1cccc2c1ccn2Cc1cn(C)nn1. The van der Waals surface area contributed by atoms with E-state index >= 15 is 0 Å². The van der Waals surface area contributed by atoms with Gasteiger partial charge in [0.05, 0.1) is 18.7 Å². The standard InChI is InChI=1S/C14H16N4O/c1-3-19-14-6-4-5-13-12(14)7-8-18(13)10-11-9-17(2)16-15-11/h4-9H,3,10H2,1-2H3. The molecule has 0 atom stereocenters. The highest BCUT2D eigenvalue weighted by Crippen LogP contribution is 2.26. The Kier molecular flexibility index (Phi) is 2.95. The van der Waals surface area contributed by atoms with Crippen LogP contribution in [0.4, 0.5) is 0 Å². The molecule has 0 spiro atoms. The van der Waals surface area contributed by atoms with Crippen molar-refractivity contribution in [2.75, 3.05) is 6.61 Å². The molecular weight excluding hydrogens is 240 g/mol. The number of fused-ring (bicyclic) bond motifs is 1. The summed E-state index contributed by atoms with van der Waals surface area (Å²) < 4.78 is 9.51. The molecule has 0 unspecified atom stereocenters. The topological polar surface area (TPSA) is 44.9 Å². The summed E-state index contributed by atoms with van der Waals surface area (Å²) in [5.41, 5.74) is 2.10. The zero-order chi connectivity index (χ0) is 13.2. The molecule has 5 nitrogen and oxygen atoms in total. The van der Waals surface area contributed by atoms with Gasteiger partial charge in [-0.25, -0.2) is 0 Å². The number of hydrogen-bond donors (Lipinski definition) is 0. The smallest absolute Gasteiger partial charge is 0.128 e. The van der Waals surface area contributed by atoms with Crippen molar-refractivity contribution in [1.82, 2.24) is 19.6 Å². The van der Waals surface area contributed by atoms with Gasteiger partial charge in [0.15, 0.2) is 0 Å². The second-order valence-corrected chi connectivity index (χ2v) is 4.45. The van der Waals surface area contributed by atoms with E-state index in [1.165, 1.54) is 0 Å². The maximum absolute atomic E-state index is 5.64. The van der Waals surface area contributed by atoms with Crippen LogP contribution < -0.4 is 4.74 Å². The quantitative estimate of drug-likeness (QED) is 0.719. The molecule has 98 valence electrons. The van der Waals surface area contributed by atoms with E-state index < -0.39 is 0 Å². The third kappa shape index (κ3) is 2.19. The van der Waals surface area contributed by atoms with Crippen molar-refractivity contribution in [3.63, 3.8) is 0 Å². The van der Waals surface area contributed by atoms with Gasteiger partial charge in [0.25, 0.3) is 0 Å². The molecule has 0 saturated heterocycles. The third-order valence-corrected chi connectivity index (χ3v) is 3.06. The summed E-state index contributed by atoms with van der Waals surface area (Å²) in [7, 11) is 1.87. The first kappa shape index (κ1) is 11.8. The Morgan fingerprint density at radius 3 is 2.89 bits per heavy atom. The van der Waals surface area contributed by atoms with Crippen LogP contribution in [0.2, 0.25) is 0 Å². The number of aromatic nitrogens is 4. The molecule has 2 aromatic heterocycles. The Morgan fingerprint density at radius 1 is 1.26 bits per heavy atom. The van der Waals surface area contributed by atoms with E-state index in [4.69, 9.17) is 4.74 Å². The van der Waals surface area contributed by atoms with Gasteiger partial charge in [-0.2, -0.15) is 0 Å². The number of aryl methyl sites for hydroxylation is 1. The predicted octanol–water partition coefficient (Wildman–Crippen LogP) is 2.22. The lowest BCUT2D eigenvalue weighted by molar-refractivity contribution is 0.344. The molecule has 0 radical (unpaired) electrons. The molecule has 1 aromatic carbocycles. The molecule has 0 bridgehead atoms. The summed E-state index contributed by atoms with van der Waals surface area (Å²) in [5, 5.41) is 9.20.